The number of carbonyl (C=O) groups is 3. The van der Waals surface area contributed by atoms with Crippen molar-refractivity contribution in [2.45, 2.75) is 32.7 Å². The van der Waals surface area contributed by atoms with Crippen LogP contribution in [-0.4, -0.2) is 35.4 Å². The van der Waals surface area contributed by atoms with Gasteiger partial charge in [0.15, 0.2) is 6.61 Å². The van der Waals surface area contributed by atoms with Crippen LogP contribution in [0.5, 0.6) is 0 Å². The number of amides is 2. The van der Waals surface area contributed by atoms with Crippen molar-refractivity contribution in [3.05, 3.63) is 33.4 Å². The lowest BCUT2D eigenvalue weighted by molar-refractivity contribution is -0.384. The zero-order valence-corrected chi connectivity index (χ0v) is 13.3. The van der Waals surface area contributed by atoms with Crippen LogP contribution in [-0.2, 0) is 19.1 Å². The van der Waals surface area contributed by atoms with Crippen LogP contribution in [0.3, 0.4) is 0 Å². The zero-order chi connectivity index (χ0) is 17.9. The lowest BCUT2D eigenvalue weighted by atomic mass is 10.1. The number of esters is 1. The minimum atomic E-state index is -0.749. The molecule has 0 aliphatic carbocycles. The maximum atomic E-state index is 11.9. The van der Waals surface area contributed by atoms with Gasteiger partial charge in [0, 0.05) is 12.5 Å². The highest BCUT2D eigenvalue weighted by atomic mass is 16.6. The van der Waals surface area contributed by atoms with Crippen molar-refractivity contribution in [2.75, 3.05) is 11.9 Å². The first-order chi connectivity index (χ1) is 11.3. The maximum absolute atomic E-state index is 11.9. The van der Waals surface area contributed by atoms with E-state index < -0.39 is 29.4 Å². The summed E-state index contributed by atoms with van der Waals surface area (Å²) in [5, 5.41) is 15.9. The molecule has 1 aromatic rings. The molecular weight excluding hydrogens is 318 g/mol. The molecule has 2 rings (SSSR count). The summed E-state index contributed by atoms with van der Waals surface area (Å²) >= 11 is 0. The number of anilines is 1. The van der Waals surface area contributed by atoms with Crippen LogP contribution in [0.25, 0.3) is 0 Å². The number of carbonyl (C=O) groups excluding carboxylic acids is 3. The summed E-state index contributed by atoms with van der Waals surface area (Å²) in [6.07, 6.45) is 0.558. The fourth-order valence-corrected chi connectivity index (χ4v) is 2.27. The second kappa shape index (κ2) is 7.07. The third-order valence-electron chi connectivity index (χ3n) is 3.71. The molecule has 2 N–H and O–H groups in total. The normalized spacial score (nSPS) is 16.4. The van der Waals surface area contributed by atoms with E-state index >= 15 is 0 Å². The van der Waals surface area contributed by atoms with E-state index in [9.17, 15) is 24.5 Å². The molecular formula is C15H17N3O6. The van der Waals surface area contributed by atoms with Crippen LogP contribution >= 0.6 is 0 Å². The smallest absolute Gasteiger partial charge is 0.329 e. The Bertz CT molecular complexity index is 715. The van der Waals surface area contributed by atoms with Crippen LogP contribution in [0.1, 0.15) is 24.0 Å². The number of nitrogens with one attached hydrogen (secondary N) is 2. The fraction of sp³-hybridized carbons (Fsp3) is 0.400. The van der Waals surface area contributed by atoms with Crippen LogP contribution in [0.2, 0.25) is 0 Å². The summed E-state index contributed by atoms with van der Waals surface area (Å²) in [6, 6.07) is 2.11. The highest BCUT2D eigenvalue weighted by Crippen LogP contribution is 2.27. The van der Waals surface area contributed by atoms with Gasteiger partial charge in [-0.25, -0.2) is 4.79 Å². The Labute approximate surface area is 137 Å². The monoisotopic (exact) mass is 335 g/mol. The summed E-state index contributed by atoms with van der Waals surface area (Å²) in [7, 11) is 0. The molecule has 1 aromatic carbocycles. The van der Waals surface area contributed by atoms with Crippen LogP contribution in [0.4, 0.5) is 11.4 Å². The Morgan fingerprint density at radius 3 is 2.62 bits per heavy atom. The highest BCUT2D eigenvalue weighted by molar-refractivity contribution is 5.96. The molecule has 1 heterocycles. The molecule has 0 spiro atoms. The first-order valence-corrected chi connectivity index (χ1v) is 7.29. The standard InChI is InChI=1S/C15H17N3O6/c1-8-5-11(12(18(22)23)6-9(8)2)17-14(20)7-24-15(21)10-3-4-13(19)16-10/h5-6,10H,3-4,7H2,1-2H3,(H,16,19)(H,17,20)/t10-/m0/s1. The van der Waals surface area contributed by atoms with Gasteiger partial charge in [0.05, 0.1) is 4.92 Å². The molecule has 1 atom stereocenters. The van der Waals surface area contributed by atoms with Crippen molar-refractivity contribution in [1.82, 2.24) is 5.32 Å². The van der Waals surface area contributed by atoms with Crippen LogP contribution < -0.4 is 10.6 Å². The number of hydrogen-bond donors (Lipinski definition) is 2. The second-order valence-electron chi connectivity index (χ2n) is 5.53. The van der Waals surface area contributed by atoms with Gasteiger partial charge < -0.3 is 15.4 Å². The molecule has 1 aliphatic heterocycles. The van der Waals surface area contributed by atoms with Crippen molar-refractivity contribution in [3.8, 4) is 0 Å². The molecule has 9 nitrogen and oxygen atoms in total. The Morgan fingerprint density at radius 1 is 1.38 bits per heavy atom. The average Bonchev–Trinajstić information content (AvgIpc) is 2.94. The maximum Gasteiger partial charge on any atom is 0.329 e. The van der Waals surface area contributed by atoms with Gasteiger partial charge in [-0.2, -0.15) is 0 Å². The van der Waals surface area contributed by atoms with E-state index in [0.717, 1.165) is 11.1 Å². The molecule has 128 valence electrons. The molecule has 1 aliphatic rings. The van der Waals surface area contributed by atoms with Crippen molar-refractivity contribution in [1.29, 1.82) is 0 Å². The summed E-state index contributed by atoms with van der Waals surface area (Å²) < 4.78 is 4.83. The van der Waals surface area contributed by atoms with Crippen molar-refractivity contribution in [3.63, 3.8) is 0 Å². The van der Waals surface area contributed by atoms with Gasteiger partial charge in [-0.15, -0.1) is 0 Å². The van der Waals surface area contributed by atoms with Gasteiger partial charge in [-0.05, 0) is 37.5 Å². The molecule has 9 heteroatoms. The molecule has 2 amide bonds. The van der Waals surface area contributed by atoms with Crippen LogP contribution in [0.15, 0.2) is 12.1 Å². The Hall–Kier alpha value is -2.97. The Morgan fingerprint density at radius 2 is 2.04 bits per heavy atom. The fourth-order valence-electron chi connectivity index (χ4n) is 2.27. The third-order valence-corrected chi connectivity index (χ3v) is 3.71. The topological polar surface area (TPSA) is 128 Å². The van der Waals surface area contributed by atoms with Crippen molar-refractivity contribution >= 4 is 29.2 Å². The van der Waals surface area contributed by atoms with Gasteiger partial charge in [0.1, 0.15) is 11.7 Å². The second-order valence-corrected chi connectivity index (χ2v) is 5.53. The van der Waals surface area contributed by atoms with Gasteiger partial charge in [-0.3, -0.25) is 19.7 Å². The number of nitrogens with zero attached hydrogens (tertiary/aromatic N) is 1. The van der Waals surface area contributed by atoms with Gasteiger partial charge >= 0.3 is 5.97 Å². The van der Waals surface area contributed by atoms with Crippen molar-refractivity contribution in [2.24, 2.45) is 0 Å². The molecule has 0 bridgehead atoms. The van der Waals surface area contributed by atoms with E-state index in [1.165, 1.54) is 12.1 Å². The average molecular weight is 335 g/mol. The number of benzene rings is 1. The van der Waals surface area contributed by atoms with E-state index in [0.29, 0.717) is 6.42 Å². The van der Waals surface area contributed by atoms with E-state index in [1.807, 2.05) is 0 Å². The summed E-state index contributed by atoms with van der Waals surface area (Å²) in [5.74, 6) is -1.64. The summed E-state index contributed by atoms with van der Waals surface area (Å²) in [6.45, 7) is 2.90. The van der Waals surface area contributed by atoms with E-state index in [4.69, 9.17) is 4.74 Å². The zero-order valence-electron chi connectivity index (χ0n) is 13.3. The SMILES string of the molecule is Cc1cc(NC(=O)COC(=O)[C@@H]2CCC(=O)N2)c([N+](=O)[O-])cc1C. The molecule has 0 saturated carbocycles. The first kappa shape index (κ1) is 17.4. The van der Waals surface area contributed by atoms with Crippen molar-refractivity contribution < 1.29 is 24.0 Å². The lowest BCUT2D eigenvalue weighted by Crippen LogP contribution is -2.36. The minimum Gasteiger partial charge on any atom is -0.454 e. The minimum absolute atomic E-state index is 0.0401. The largest absolute Gasteiger partial charge is 0.454 e. The Kier molecular flexibility index (Phi) is 5.12. The molecule has 1 saturated heterocycles. The number of hydrogen-bond acceptors (Lipinski definition) is 6. The van der Waals surface area contributed by atoms with Gasteiger partial charge in [0.25, 0.3) is 11.6 Å². The van der Waals surface area contributed by atoms with E-state index in [2.05, 4.69) is 10.6 Å². The number of ether oxygens (including phenoxy) is 1. The molecule has 1 fully saturated rings. The van der Waals surface area contributed by atoms with Gasteiger partial charge in [0.2, 0.25) is 5.91 Å². The van der Waals surface area contributed by atoms with Gasteiger partial charge in [-0.1, -0.05) is 0 Å². The predicted octanol–water partition coefficient (Wildman–Crippen LogP) is 0.972. The van der Waals surface area contributed by atoms with E-state index in [-0.39, 0.29) is 23.7 Å². The number of nitro groups is 1. The third kappa shape index (κ3) is 4.06. The molecule has 24 heavy (non-hydrogen) atoms. The molecule has 0 radical (unpaired) electrons. The highest BCUT2D eigenvalue weighted by Gasteiger charge is 2.29. The number of aryl methyl sites for hydroxylation is 2. The van der Waals surface area contributed by atoms with E-state index in [1.54, 1.807) is 13.8 Å². The Balaban J connectivity index is 1.97. The van der Waals surface area contributed by atoms with Crippen LogP contribution in [0, 0.1) is 24.0 Å². The summed E-state index contributed by atoms with van der Waals surface area (Å²) in [5.41, 5.74) is 1.31. The number of nitro benzene ring substituents is 1. The lowest BCUT2D eigenvalue weighted by Gasteiger charge is -2.11. The molecule has 0 unspecified atom stereocenters. The summed E-state index contributed by atoms with van der Waals surface area (Å²) in [4.78, 5) is 45.1. The predicted molar refractivity (Wildman–Crippen MR) is 83.3 cm³/mol. The molecule has 0 aromatic heterocycles. The quantitative estimate of drug-likeness (QED) is 0.469. The first-order valence-electron chi connectivity index (χ1n) is 7.29. The number of rotatable bonds is 5.